The van der Waals surface area contributed by atoms with E-state index in [2.05, 4.69) is 25.6 Å². The number of pyridine rings is 1. The molecule has 1 heterocycles. The van der Waals surface area contributed by atoms with Crippen molar-refractivity contribution in [1.29, 1.82) is 0 Å². The van der Waals surface area contributed by atoms with Crippen LogP contribution in [0, 0.1) is 0 Å². The van der Waals surface area contributed by atoms with Crippen LogP contribution in [-0.4, -0.2) is 54.4 Å². The first kappa shape index (κ1) is 22.7. The number of ether oxygens (including phenoxy) is 2. The first-order chi connectivity index (χ1) is 12.9. The maximum Gasteiger partial charge on any atom is 0.410 e. The molecule has 1 amide bonds. The second-order valence-electron chi connectivity index (χ2n) is 7.97. The number of likely N-dealkylation sites (N-methyl/N-ethyl adjacent to an activating group) is 1. The van der Waals surface area contributed by atoms with Gasteiger partial charge in [-0.2, -0.15) is 0 Å². The average Bonchev–Trinajstić information content (AvgIpc) is 3.31. The molecule has 1 aromatic heterocycles. The first-order valence-electron chi connectivity index (χ1n) is 9.15. The number of hydrogen-bond acceptors (Lipinski definition) is 6. The minimum Gasteiger partial charge on any atom is -0.474 e. The van der Waals surface area contributed by atoms with E-state index in [-0.39, 0.29) is 24.7 Å². The quantitative estimate of drug-likeness (QED) is 0.611. The number of carbonyl (C=O) groups excluding carboxylic acids is 1. The molecule has 10 heteroatoms. The second kappa shape index (κ2) is 8.44. The van der Waals surface area contributed by atoms with Gasteiger partial charge in [0.05, 0.1) is 11.3 Å². The maximum absolute atomic E-state index is 12.5. The van der Waals surface area contributed by atoms with E-state index in [1.807, 2.05) is 6.92 Å². The van der Waals surface area contributed by atoms with Crippen molar-refractivity contribution in [2.75, 3.05) is 24.4 Å². The third-order valence-corrected chi connectivity index (χ3v) is 6.93. The number of sulfonamides is 1. The highest BCUT2D eigenvalue weighted by molar-refractivity contribution is 9.10. The zero-order chi connectivity index (χ0) is 21.2. The average molecular weight is 478 g/mol. The summed E-state index contributed by atoms with van der Waals surface area (Å²) in [5.74, 6) is 0.163. The van der Waals surface area contributed by atoms with E-state index < -0.39 is 26.5 Å². The zero-order valence-electron chi connectivity index (χ0n) is 16.9. The van der Waals surface area contributed by atoms with Crippen LogP contribution in [0.3, 0.4) is 0 Å². The van der Waals surface area contributed by atoms with Gasteiger partial charge < -0.3 is 14.4 Å². The van der Waals surface area contributed by atoms with Crippen LogP contribution in [0.15, 0.2) is 16.7 Å². The van der Waals surface area contributed by atoms with Crippen molar-refractivity contribution < 1.29 is 22.7 Å². The molecule has 0 aliphatic heterocycles. The number of anilines is 1. The van der Waals surface area contributed by atoms with Gasteiger partial charge in [0, 0.05) is 17.2 Å². The zero-order valence-corrected chi connectivity index (χ0v) is 19.3. The summed E-state index contributed by atoms with van der Waals surface area (Å²) in [5.41, 5.74) is -0.314. The number of nitrogens with zero attached hydrogens (tertiary/aromatic N) is 2. The van der Waals surface area contributed by atoms with Crippen molar-refractivity contribution in [3.8, 4) is 5.88 Å². The van der Waals surface area contributed by atoms with E-state index in [0.29, 0.717) is 23.9 Å². The van der Waals surface area contributed by atoms with Crippen LogP contribution < -0.4 is 9.46 Å². The molecule has 1 aromatic rings. The predicted molar refractivity (Wildman–Crippen MR) is 111 cm³/mol. The summed E-state index contributed by atoms with van der Waals surface area (Å²) < 4.78 is 38.5. The summed E-state index contributed by atoms with van der Waals surface area (Å²) in [7, 11) is -3.53. The Morgan fingerprint density at radius 1 is 1.39 bits per heavy atom. The summed E-state index contributed by atoms with van der Waals surface area (Å²) in [6.07, 6.45) is 2.35. The molecule has 1 N–H and O–H groups in total. The van der Waals surface area contributed by atoms with Gasteiger partial charge in [-0.15, -0.1) is 0 Å². The molecule has 1 aliphatic rings. The molecule has 2 rings (SSSR count). The van der Waals surface area contributed by atoms with Crippen molar-refractivity contribution in [3.05, 3.63) is 16.7 Å². The molecule has 1 aliphatic carbocycles. The fraction of sp³-hybridized carbons (Fsp3) is 0.667. The van der Waals surface area contributed by atoms with Gasteiger partial charge in [0.1, 0.15) is 17.9 Å². The molecule has 0 aromatic carbocycles. The van der Waals surface area contributed by atoms with E-state index in [0.717, 1.165) is 0 Å². The van der Waals surface area contributed by atoms with E-state index >= 15 is 0 Å². The Morgan fingerprint density at radius 3 is 2.57 bits per heavy atom. The molecule has 1 fully saturated rings. The second-order valence-corrected chi connectivity index (χ2v) is 11.1. The molecule has 0 atom stereocenters. The minimum absolute atomic E-state index is 0.147. The molecule has 0 saturated heterocycles. The van der Waals surface area contributed by atoms with Crippen LogP contribution in [0.4, 0.5) is 10.5 Å². The number of aromatic nitrogens is 1. The minimum atomic E-state index is -3.53. The standard InChI is InChI=1S/C18H28BrN3O5S/c1-6-22(16(23)27-17(2,3)4)9-10-26-15-14(11-13(19)12-20-15)21-28(24,25)18(5)7-8-18/h11-12,21H,6-10H2,1-5H3. The number of amides is 1. The van der Waals surface area contributed by atoms with Gasteiger partial charge in [0.2, 0.25) is 15.9 Å². The maximum atomic E-state index is 12.5. The number of halogens is 1. The topological polar surface area (TPSA) is 97.8 Å². The summed E-state index contributed by atoms with van der Waals surface area (Å²) in [4.78, 5) is 17.9. The number of nitrogens with one attached hydrogen (secondary N) is 1. The Labute approximate surface area is 175 Å². The van der Waals surface area contributed by atoms with Gasteiger partial charge in [-0.25, -0.2) is 18.2 Å². The van der Waals surface area contributed by atoms with Crippen molar-refractivity contribution in [2.24, 2.45) is 0 Å². The SMILES string of the molecule is CCN(CCOc1ncc(Br)cc1NS(=O)(=O)C1(C)CC1)C(=O)OC(C)(C)C. The smallest absolute Gasteiger partial charge is 0.410 e. The number of carbonyl (C=O) groups is 1. The highest BCUT2D eigenvalue weighted by Gasteiger charge is 2.50. The van der Waals surface area contributed by atoms with Crippen LogP contribution >= 0.6 is 15.9 Å². The Balaban J connectivity index is 2.03. The fourth-order valence-corrected chi connectivity index (χ4v) is 3.94. The van der Waals surface area contributed by atoms with E-state index in [1.54, 1.807) is 33.8 Å². The predicted octanol–water partition coefficient (Wildman–Crippen LogP) is 3.77. The lowest BCUT2D eigenvalue weighted by Crippen LogP contribution is -2.39. The van der Waals surface area contributed by atoms with Gasteiger partial charge >= 0.3 is 6.09 Å². The van der Waals surface area contributed by atoms with E-state index in [1.165, 1.54) is 11.1 Å². The van der Waals surface area contributed by atoms with Crippen molar-refractivity contribution in [2.45, 2.75) is 57.8 Å². The van der Waals surface area contributed by atoms with Gasteiger partial charge in [-0.3, -0.25) is 4.72 Å². The van der Waals surface area contributed by atoms with E-state index in [9.17, 15) is 13.2 Å². The Kier molecular flexibility index (Phi) is 6.86. The van der Waals surface area contributed by atoms with Crippen LogP contribution in [-0.2, 0) is 14.8 Å². The Bertz CT molecular complexity index is 819. The van der Waals surface area contributed by atoms with E-state index in [4.69, 9.17) is 9.47 Å². The molecule has 0 radical (unpaired) electrons. The number of hydrogen-bond donors (Lipinski definition) is 1. The third kappa shape index (κ3) is 5.97. The van der Waals surface area contributed by atoms with Crippen molar-refractivity contribution >= 4 is 37.7 Å². The largest absolute Gasteiger partial charge is 0.474 e. The van der Waals surface area contributed by atoms with Crippen LogP contribution in [0.2, 0.25) is 0 Å². The van der Waals surface area contributed by atoms with Crippen LogP contribution in [0.25, 0.3) is 0 Å². The van der Waals surface area contributed by atoms with Crippen molar-refractivity contribution in [3.63, 3.8) is 0 Å². The monoisotopic (exact) mass is 477 g/mol. The molecule has 0 bridgehead atoms. The molecule has 1 saturated carbocycles. The number of rotatable bonds is 8. The molecular formula is C18H28BrN3O5S. The summed E-state index contributed by atoms with van der Waals surface area (Å²) >= 11 is 3.30. The van der Waals surface area contributed by atoms with Crippen molar-refractivity contribution in [1.82, 2.24) is 9.88 Å². The van der Waals surface area contributed by atoms with Gasteiger partial charge in [-0.1, -0.05) is 0 Å². The van der Waals surface area contributed by atoms with Crippen LogP contribution in [0.1, 0.15) is 47.5 Å². The first-order valence-corrected chi connectivity index (χ1v) is 11.4. The summed E-state index contributed by atoms with van der Waals surface area (Å²) in [6.45, 7) is 9.86. The molecule has 158 valence electrons. The fourth-order valence-electron chi connectivity index (χ4n) is 2.29. The van der Waals surface area contributed by atoms with Gasteiger partial charge in [0.25, 0.3) is 0 Å². The van der Waals surface area contributed by atoms with Crippen LogP contribution in [0.5, 0.6) is 5.88 Å². The Hall–Kier alpha value is -1.55. The van der Waals surface area contributed by atoms with Gasteiger partial charge in [-0.05, 0) is 69.5 Å². The normalized spacial score (nSPS) is 15.6. The highest BCUT2D eigenvalue weighted by Crippen LogP contribution is 2.44. The lowest BCUT2D eigenvalue weighted by atomic mass is 10.2. The molecule has 0 spiro atoms. The van der Waals surface area contributed by atoms with Gasteiger partial charge in [0.15, 0.2) is 0 Å². The Morgan fingerprint density at radius 2 is 2.04 bits per heavy atom. The molecule has 0 unspecified atom stereocenters. The highest BCUT2D eigenvalue weighted by atomic mass is 79.9. The summed E-state index contributed by atoms with van der Waals surface area (Å²) in [5, 5.41) is 0. The third-order valence-electron chi connectivity index (χ3n) is 4.30. The molecule has 8 nitrogen and oxygen atoms in total. The lowest BCUT2D eigenvalue weighted by Gasteiger charge is -2.26. The summed E-state index contributed by atoms with van der Waals surface area (Å²) in [6, 6.07) is 1.61. The molecular weight excluding hydrogens is 450 g/mol. The lowest BCUT2D eigenvalue weighted by molar-refractivity contribution is 0.0236. The molecule has 28 heavy (non-hydrogen) atoms.